The van der Waals surface area contributed by atoms with Crippen molar-refractivity contribution < 1.29 is 18.0 Å². The number of carbonyl (C=O) groups is 1. The van der Waals surface area contributed by atoms with Gasteiger partial charge in [0.1, 0.15) is 0 Å². The maximum Gasteiger partial charge on any atom is 0.393 e. The van der Waals surface area contributed by atoms with Crippen molar-refractivity contribution in [1.82, 2.24) is 10.2 Å². The van der Waals surface area contributed by atoms with Gasteiger partial charge in [-0.25, -0.2) is 0 Å². The van der Waals surface area contributed by atoms with Crippen molar-refractivity contribution in [2.75, 3.05) is 26.2 Å². The molecular weight excluding hydrogens is 271 g/mol. The van der Waals surface area contributed by atoms with Crippen LogP contribution < -0.4 is 11.1 Å². The minimum atomic E-state index is -4.13. The van der Waals surface area contributed by atoms with Crippen LogP contribution in [0.15, 0.2) is 0 Å². The van der Waals surface area contributed by atoms with Crippen LogP contribution in [0, 0.1) is 5.92 Å². The number of likely N-dealkylation sites (N-methyl/N-ethyl adjacent to an activating group) is 1. The molecule has 7 heteroatoms. The Morgan fingerprint density at radius 1 is 1.45 bits per heavy atom. The van der Waals surface area contributed by atoms with Gasteiger partial charge in [0.2, 0.25) is 5.91 Å². The molecule has 0 aliphatic carbocycles. The molecule has 1 aliphatic rings. The summed E-state index contributed by atoms with van der Waals surface area (Å²) in [5.74, 6) is -1.72. The first-order valence-electron chi connectivity index (χ1n) is 7.03. The van der Waals surface area contributed by atoms with Gasteiger partial charge >= 0.3 is 6.18 Å². The number of piperidine rings is 1. The van der Waals surface area contributed by atoms with Gasteiger partial charge in [-0.3, -0.25) is 4.79 Å². The van der Waals surface area contributed by atoms with Crippen LogP contribution in [0.5, 0.6) is 0 Å². The van der Waals surface area contributed by atoms with Crippen LogP contribution in [0.3, 0.4) is 0 Å². The van der Waals surface area contributed by atoms with Crippen LogP contribution >= 0.6 is 0 Å². The van der Waals surface area contributed by atoms with Crippen molar-refractivity contribution >= 4 is 5.91 Å². The van der Waals surface area contributed by atoms with Crippen molar-refractivity contribution in [2.45, 2.75) is 44.8 Å². The van der Waals surface area contributed by atoms with E-state index >= 15 is 0 Å². The third-order valence-corrected chi connectivity index (χ3v) is 4.01. The lowest BCUT2D eigenvalue weighted by Crippen LogP contribution is -2.55. The minimum Gasteiger partial charge on any atom is -0.368 e. The van der Waals surface area contributed by atoms with Crippen LogP contribution in [0.1, 0.15) is 33.1 Å². The van der Waals surface area contributed by atoms with Gasteiger partial charge in [-0.2, -0.15) is 13.2 Å². The number of alkyl halides is 3. The molecule has 0 bridgehead atoms. The third-order valence-electron chi connectivity index (χ3n) is 4.01. The van der Waals surface area contributed by atoms with E-state index in [4.69, 9.17) is 5.73 Å². The summed E-state index contributed by atoms with van der Waals surface area (Å²) in [6.07, 6.45) is -2.98. The van der Waals surface area contributed by atoms with E-state index in [2.05, 4.69) is 5.32 Å². The number of hydrogen-bond donors (Lipinski definition) is 2. The normalized spacial score (nSPS) is 24.4. The topological polar surface area (TPSA) is 58.4 Å². The lowest BCUT2D eigenvalue weighted by atomic mass is 9.94. The summed E-state index contributed by atoms with van der Waals surface area (Å²) in [7, 11) is 0. The van der Waals surface area contributed by atoms with Crippen LogP contribution in [0.4, 0.5) is 13.2 Å². The van der Waals surface area contributed by atoms with Crippen molar-refractivity contribution in [1.29, 1.82) is 0 Å². The van der Waals surface area contributed by atoms with Crippen molar-refractivity contribution in [3.63, 3.8) is 0 Å². The summed E-state index contributed by atoms with van der Waals surface area (Å²) < 4.78 is 38.2. The molecule has 2 atom stereocenters. The molecule has 1 fully saturated rings. The largest absolute Gasteiger partial charge is 0.393 e. The molecule has 1 rings (SSSR count). The van der Waals surface area contributed by atoms with E-state index in [0.717, 1.165) is 0 Å². The smallest absolute Gasteiger partial charge is 0.368 e. The van der Waals surface area contributed by atoms with Gasteiger partial charge in [0, 0.05) is 13.1 Å². The third kappa shape index (κ3) is 4.63. The maximum atomic E-state index is 12.7. The number of amides is 1. The quantitative estimate of drug-likeness (QED) is 0.781. The molecule has 0 aromatic rings. The molecular formula is C13H24F3N3O. The molecule has 0 spiro atoms. The average Bonchev–Trinajstić information content (AvgIpc) is 2.36. The monoisotopic (exact) mass is 295 g/mol. The fourth-order valence-electron chi connectivity index (χ4n) is 2.60. The van der Waals surface area contributed by atoms with Crippen LogP contribution in [-0.4, -0.2) is 48.7 Å². The number of nitrogens with one attached hydrogen (secondary N) is 1. The highest BCUT2D eigenvalue weighted by Gasteiger charge is 2.42. The maximum absolute atomic E-state index is 12.7. The van der Waals surface area contributed by atoms with E-state index < -0.39 is 23.5 Å². The van der Waals surface area contributed by atoms with E-state index in [1.54, 1.807) is 11.8 Å². The second-order valence-corrected chi connectivity index (χ2v) is 5.66. The Bertz CT molecular complexity index is 335. The fourth-order valence-corrected chi connectivity index (χ4v) is 2.60. The highest BCUT2D eigenvalue weighted by Crippen LogP contribution is 2.33. The van der Waals surface area contributed by atoms with Gasteiger partial charge < -0.3 is 16.0 Å². The molecule has 0 radical (unpaired) electrons. The van der Waals surface area contributed by atoms with Crippen LogP contribution in [-0.2, 0) is 4.79 Å². The summed E-state index contributed by atoms with van der Waals surface area (Å²) >= 11 is 0. The summed E-state index contributed by atoms with van der Waals surface area (Å²) in [6.45, 7) is 5.26. The Hall–Kier alpha value is -0.820. The molecule has 2 unspecified atom stereocenters. The van der Waals surface area contributed by atoms with Crippen molar-refractivity contribution in [3.8, 4) is 0 Å². The van der Waals surface area contributed by atoms with E-state index in [1.807, 2.05) is 6.92 Å². The molecule has 1 saturated heterocycles. The van der Waals surface area contributed by atoms with Gasteiger partial charge in [0.15, 0.2) is 0 Å². The summed E-state index contributed by atoms with van der Waals surface area (Å²) in [5.41, 5.74) is 4.51. The van der Waals surface area contributed by atoms with Gasteiger partial charge in [0.25, 0.3) is 0 Å². The Kier molecular flexibility index (Phi) is 5.82. The zero-order valence-corrected chi connectivity index (χ0v) is 12.1. The average molecular weight is 295 g/mol. The molecule has 3 N–H and O–H groups in total. The second-order valence-electron chi connectivity index (χ2n) is 5.66. The molecule has 0 aromatic heterocycles. The predicted octanol–water partition coefficient (Wildman–Crippen LogP) is 1.50. The number of hydrogen-bond acceptors (Lipinski definition) is 3. The first-order valence-corrected chi connectivity index (χ1v) is 7.03. The van der Waals surface area contributed by atoms with Crippen molar-refractivity contribution in [3.05, 3.63) is 0 Å². The van der Waals surface area contributed by atoms with Crippen LogP contribution in [0.25, 0.3) is 0 Å². The van der Waals surface area contributed by atoms with Gasteiger partial charge in [0.05, 0.1) is 11.5 Å². The van der Waals surface area contributed by atoms with E-state index in [1.165, 1.54) is 0 Å². The second kappa shape index (κ2) is 6.76. The number of nitrogens with zero attached hydrogens (tertiary/aromatic N) is 1. The number of nitrogens with two attached hydrogens (primary N) is 1. The first-order chi connectivity index (χ1) is 9.19. The zero-order valence-electron chi connectivity index (χ0n) is 12.1. The molecule has 1 aliphatic heterocycles. The van der Waals surface area contributed by atoms with Crippen LogP contribution in [0.2, 0.25) is 0 Å². The fraction of sp³-hybridized carbons (Fsp3) is 0.923. The number of rotatable bonds is 6. The number of likely N-dealkylation sites (tertiary alicyclic amines) is 1. The highest BCUT2D eigenvalue weighted by atomic mass is 19.4. The molecule has 118 valence electrons. The Labute approximate surface area is 117 Å². The van der Waals surface area contributed by atoms with Gasteiger partial charge in [-0.15, -0.1) is 0 Å². The van der Waals surface area contributed by atoms with Gasteiger partial charge in [-0.1, -0.05) is 6.92 Å². The lowest BCUT2D eigenvalue weighted by molar-refractivity contribution is -0.186. The lowest BCUT2D eigenvalue weighted by Gasteiger charge is -2.36. The van der Waals surface area contributed by atoms with E-state index in [9.17, 15) is 18.0 Å². The Balaban J connectivity index is 2.54. The molecule has 4 nitrogen and oxygen atoms in total. The summed E-state index contributed by atoms with van der Waals surface area (Å²) in [6, 6.07) is 0. The highest BCUT2D eigenvalue weighted by molar-refractivity contribution is 5.84. The molecule has 20 heavy (non-hydrogen) atoms. The molecule has 0 aromatic carbocycles. The summed E-state index contributed by atoms with van der Waals surface area (Å²) in [5, 5.41) is 3.02. The van der Waals surface area contributed by atoms with E-state index in [-0.39, 0.29) is 13.0 Å². The number of carbonyl (C=O) groups excluding carboxylic acids is 1. The van der Waals surface area contributed by atoms with Crippen molar-refractivity contribution in [2.24, 2.45) is 11.7 Å². The Morgan fingerprint density at radius 2 is 2.10 bits per heavy atom. The molecule has 1 heterocycles. The predicted molar refractivity (Wildman–Crippen MR) is 71.1 cm³/mol. The zero-order chi connectivity index (χ0) is 15.4. The van der Waals surface area contributed by atoms with Gasteiger partial charge in [-0.05, 0) is 39.3 Å². The number of halogens is 3. The summed E-state index contributed by atoms with van der Waals surface area (Å²) in [4.78, 5) is 13.2. The Morgan fingerprint density at radius 3 is 2.60 bits per heavy atom. The SMILES string of the molecule is CCNC(C)(CCN1CCCC(C(F)(F)F)C1)C(N)=O. The standard InChI is InChI=1S/C13H24F3N3O/c1-3-18-12(2,11(17)20)6-8-19-7-4-5-10(9-19)13(14,15)16/h10,18H,3-9H2,1-2H3,(H2,17,20). The molecule has 1 amide bonds. The molecule has 0 saturated carbocycles. The first kappa shape index (κ1) is 17.2. The minimum absolute atomic E-state index is 0.0183. The number of primary amides is 1. The van der Waals surface area contributed by atoms with E-state index in [0.29, 0.717) is 32.5 Å².